The highest BCUT2D eigenvalue weighted by atomic mass is 16.5. The van der Waals surface area contributed by atoms with Crippen LogP contribution in [0.1, 0.15) is 53.4 Å². The van der Waals surface area contributed by atoms with Crippen molar-refractivity contribution in [1.29, 1.82) is 0 Å². The number of carbonyl (C=O) groups excluding carboxylic acids is 4. The summed E-state index contributed by atoms with van der Waals surface area (Å²) < 4.78 is 5.16. The predicted octanol–water partition coefficient (Wildman–Crippen LogP) is 2.64. The minimum atomic E-state index is -0.949. The summed E-state index contributed by atoms with van der Waals surface area (Å²) in [5.74, 6) is -0.639. The number of carbonyl (C=O) groups is 4. The average molecular weight is 395 g/mol. The van der Waals surface area contributed by atoms with E-state index in [1.165, 1.54) is 0 Å². The minimum Gasteiger partial charge on any atom is -0.450 e. The van der Waals surface area contributed by atoms with Gasteiger partial charge in [0.1, 0.15) is 0 Å². The van der Waals surface area contributed by atoms with Crippen LogP contribution >= 0.6 is 0 Å². The van der Waals surface area contributed by atoms with Crippen molar-refractivity contribution >= 4 is 24.1 Å². The normalized spacial score (nSPS) is 25.3. The van der Waals surface area contributed by atoms with Crippen LogP contribution in [0.4, 0.5) is 4.79 Å². The van der Waals surface area contributed by atoms with Gasteiger partial charge in [0.2, 0.25) is 11.7 Å². The summed E-state index contributed by atoms with van der Waals surface area (Å²) in [5, 5.41) is 5.29. The van der Waals surface area contributed by atoms with E-state index in [4.69, 9.17) is 4.74 Å². The number of ketones is 1. The van der Waals surface area contributed by atoms with Gasteiger partial charge in [-0.05, 0) is 43.4 Å². The zero-order chi connectivity index (χ0) is 21.1. The van der Waals surface area contributed by atoms with E-state index in [2.05, 4.69) is 50.5 Å². The van der Waals surface area contributed by atoms with Crippen LogP contribution in [0.2, 0.25) is 0 Å². The fraction of sp³-hybridized carbons (Fsp3) is 0.714. The molecule has 0 aliphatic carbocycles. The van der Waals surface area contributed by atoms with Gasteiger partial charge in [-0.1, -0.05) is 39.8 Å². The number of hydrogen-bond donors (Lipinski definition) is 2. The number of aldehydes is 1. The quantitative estimate of drug-likeness (QED) is 0.410. The largest absolute Gasteiger partial charge is 0.450 e. The lowest BCUT2D eigenvalue weighted by molar-refractivity contribution is -0.135. The number of allylic oxidation sites excluding steroid dienone is 2. The van der Waals surface area contributed by atoms with Crippen LogP contribution in [0.15, 0.2) is 12.2 Å². The van der Waals surface area contributed by atoms with Crippen molar-refractivity contribution < 1.29 is 23.9 Å². The third-order valence-corrected chi connectivity index (χ3v) is 4.72. The zero-order valence-corrected chi connectivity index (χ0v) is 17.4. The van der Waals surface area contributed by atoms with Crippen LogP contribution in [-0.2, 0) is 19.1 Å². The number of amides is 2. The van der Waals surface area contributed by atoms with E-state index in [1.807, 2.05) is 0 Å². The SMILES string of the molecule is CC(C)/C=C/C1CCCOC(=O)NCCC(C(=O)C=O)NC(=O)C1CC(C)C. The van der Waals surface area contributed by atoms with E-state index in [-0.39, 0.29) is 43.6 Å². The van der Waals surface area contributed by atoms with Gasteiger partial charge in [-0.3, -0.25) is 14.4 Å². The predicted molar refractivity (Wildman–Crippen MR) is 107 cm³/mol. The standard InChI is InChI=1S/C21H34N2O5/c1-14(2)7-8-16-6-5-11-28-21(27)22-10-9-18(19(25)13-24)23-20(26)17(16)12-15(3)4/h7-8,13-18H,5-6,9-12H2,1-4H3,(H,22,27)(H,23,26)/b8-7+. The molecular formula is C21H34N2O5. The van der Waals surface area contributed by atoms with Crippen LogP contribution in [0.25, 0.3) is 0 Å². The number of cyclic esters (lactones) is 1. The summed E-state index contributed by atoms with van der Waals surface area (Å²) in [4.78, 5) is 47.7. The summed E-state index contributed by atoms with van der Waals surface area (Å²) in [6.07, 6.45) is 5.93. The topological polar surface area (TPSA) is 102 Å². The van der Waals surface area contributed by atoms with Crippen LogP contribution in [-0.4, -0.2) is 43.3 Å². The van der Waals surface area contributed by atoms with Gasteiger partial charge in [0.15, 0.2) is 6.29 Å². The lowest BCUT2D eigenvalue weighted by atomic mass is 9.81. The molecule has 2 N–H and O–H groups in total. The molecule has 0 bridgehead atoms. The number of alkyl carbamates (subject to hydrolysis) is 1. The summed E-state index contributed by atoms with van der Waals surface area (Å²) in [6, 6.07) is -0.949. The Bertz CT molecular complexity index is 571. The van der Waals surface area contributed by atoms with Crippen molar-refractivity contribution in [3.05, 3.63) is 12.2 Å². The monoisotopic (exact) mass is 394 g/mol. The smallest absolute Gasteiger partial charge is 0.407 e. The van der Waals surface area contributed by atoms with Gasteiger partial charge in [0.05, 0.1) is 12.6 Å². The van der Waals surface area contributed by atoms with E-state index < -0.39 is 17.9 Å². The van der Waals surface area contributed by atoms with Crippen LogP contribution < -0.4 is 10.6 Å². The fourth-order valence-electron chi connectivity index (χ4n) is 3.28. The molecule has 1 saturated heterocycles. The molecule has 28 heavy (non-hydrogen) atoms. The molecule has 0 radical (unpaired) electrons. The van der Waals surface area contributed by atoms with Crippen molar-refractivity contribution in [3.63, 3.8) is 0 Å². The molecule has 0 spiro atoms. The van der Waals surface area contributed by atoms with Gasteiger partial charge >= 0.3 is 6.09 Å². The highest BCUT2D eigenvalue weighted by molar-refractivity contribution is 6.27. The second kappa shape index (κ2) is 12.3. The summed E-state index contributed by atoms with van der Waals surface area (Å²) >= 11 is 0. The van der Waals surface area contributed by atoms with Gasteiger partial charge in [-0.15, -0.1) is 0 Å². The lowest BCUT2D eigenvalue weighted by Crippen LogP contribution is -2.47. The zero-order valence-electron chi connectivity index (χ0n) is 17.4. The summed E-state index contributed by atoms with van der Waals surface area (Å²) in [5.41, 5.74) is 0. The molecule has 158 valence electrons. The van der Waals surface area contributed by atoms with Crippen molar-refractivity contribution in [2.75, 3.05) is 13.2 Å². The molecule has 1 rings (SSSR count). The summed E-state index contributed by atoms with van der Waals surface area (Å²) in [7, 11) is 0. The fourth-order valence-corrected chi connectivity index (χ4v) is 3.28. The number of ether oxygens (including phenoxy) is 1. The van der Waals surface area contributed by atoms with Crippen molar-refractivity contribution in [1.82, 2.24) is 10.6 Å². The molecule has 0 aromatic carbocycles. The number of rotatable bonds is 6. The van der Waals surface area contributed by atoms with Gasteiger partial charge in [-0.2, -0.15) is 0 Å². The van der Waals surface area contributed by atoms with Crippen molar-refractivity contribution in [3.8, 4) is 0 Å². The Balaban J connectivity index is 3.15. The maximum atomic E-state index is 13.1. The van der Waals surface area contributed by atoms with Crippen molar-refractivity contribution in [2.45, 2.75) is 59.4 Å². The van der Waals surface area contributed by atoms with Crippen LogP contribution in [0.5, 0.6) is 0 Å². The first-order valence-electron chi connectivity index (χ1n) is 10.1. The second-order valence-corrected chi connectivity index (χ2v) is 8.10. The molecule has 1 heterocycles. The minimum absolute atomic E-state index is 0.0378. The molecule has 7 nitrogen and oxygen atoms in total. The Morgan fingerprint density at radius 1 is 1.21 bits per heavy atom. The van der Waals surface area contributed by atoms with E-state index in [9.17, 15) is 19.2 Å². The molecule has 1 aliphatic rings. The lowest BCUT2D eigenvalue weighted by Gasteiger charge is -2.27. The molecule has 3 atom stereocenters. The van der Waals surface area contributed by atoms with Gasteiger partial charge < -0.3 is 15.4 Å². The number of hydrogen-bond acceptors (Lipinski definition) is 5. The molecule has 0 aromatic rings. The Kier molecular flexibility index (Phi) is 10.5. The van der Waals surface area contributed by atoms with E-state index in [1.54, 1.807) is 0 Å². The second-order valence-electron chi connectivity index (χ2n) is 8.10. The maximum absolute atomic E-state index is 13.1. The first-order chi connectivity index (χ1) is 13.2. The molecular weight excluding hydrogens is 360 g/mol. The maximum Gasteiger partial charge on any atom is 0.407 e. The van der Waals surface area contributed by atoms with E-state index in [0.29, 0.717) is 31.1 Å². The van der Waals surface area contributed by atoms with E-state index >= 15 is 0 Å². The summed E-state index contributed by atoms with van der Waals surface area (Å²) in [6.45, 7) is 8.65. The third-order valence-electron chi connectivity index (χ3n) is 4.72. The first kappa shape index (κ1) is 23.9. The van der Waals surface area contributed by atoms with Crippen LogP contribution in [0.3, 0.4) is 0 Å². The average Bonchev–Trinajstić information content (AvgIpc) is 2.64. The molecule has 7 heteroatoms. The highest BCUT2D eigenvalue weighted by Crippen LogP contribution is 2.27. The molecule has 1 fully saturated rings. The van der Waals surface area contributed by atoms with Gasteiger partial charge in [0.25, 0.3) is 0 Å². The Morgan fingerprint density at radius 2 is 1.93 bits per heavy atom. The molecule has 1 aliphatic heterocycles. The highest BCUT2D eigenvalue weighted by Gasteiger charge is 2.31. The third kappa shape index (κ3) is 8.67. The number of nitrogens with one attached hydrogen (secondary N) is 2. The van der Waals surface area contributed by atoms with E-state index in [0.717, 1.165) is 0 Å². The molecule has 2 amide bonds. The molecule has 0 saturated carbocycles. The molecule has 0 aromatic heterocycles. The number of Topliss-reactive ketones (excluding diaryl/α,β-unsaturated/α-hetero) is 1. The van der Waals surface area contributed by atoms with Gasteiger partial charge in [0, 0.05) is 12.5 Å². The Hall–Kier alpha value is -2.18. The van der Waals surface area contributed by atoms with Gasteiger partial charge in [-0.25, -0.2) is 4.79 Å². The molecule has 3 unspecified atom stereocenters. The Morgan fingerprint density at radius 3 is 2.54 bits per heavy atom. The first-order valence-corrected chi connectivity index (χ1v) is 10.1. The van der Waals surface area contributed by atoms with Crippen LogP contribution in [0, 0.1) is 23.7 Å². The Labute approximate surface area is 167 Å². The van der Waals surface area contributed by atoms with Crippen molar-refractivity contribution in [2.24, 2.45) is 23.7 Å².